The first-order chi connectivity index (χ1) is 13.8. The Morgan fingerprint density at radius 3 is 2.47 bits per heavy atom. The number of anilines is 1. The number of aliphatic carboxylic acids is 1. The van der Waals surface area contributed by atoms with Crippen LogP contribution in [0.5, 0.6) is 0 Å². The summed E-state index contributed by atoms with van der Waals surface area (Å²) < 4.78 is 0. The molecule has 0 aromatic heterocycles. The molecule has 162 valence electrons. The fourth-order valence-corrected chi connectivity index (χ4v) is 4.39. The van der Waals surface area contributed by atoms with E-state index in [0.29, 0.717) is 22.3 Å². The summed E-state index contributed by atoms with van der Waals surface area (Å²) in [7, 11) is 0. The molecule has 1 heterocycles. The Bertz CT molecular complexity index is 922. The predicted octanol–water partition coefficient (Wildman–Crippen LogP) is 4.15. The lowest BCUT2D eigenvalue weighted by Crippen LogP contribution is -2.54. The lowest BCUT2D eigenvalue weighted by molar-refractivity contribution is -0.139. The number of aryl methyl sites for hydroxylation is 1. The number of carboxylic acids is 1. The number of nitrogens with one attached hydrogen (secondary N) is 1. The second kappa shape index (κ2) is 10.4. The molecule has 2 aromatic carbocycles. The Labute approximate surface area is 191 Å². The normalized spacial score (nSPS) is 17.7. The number of hydrogen-bond acceptors (Lipinski definition) is 4. The number of benzene rings is 2. The van der Waals surface area contributed by atoms with Crippen LogP contribution in [0.3, 0.4) is 0 Å². The van der Waals surface area contributed by atoms with Gasteiger partial charge in [-0.25, -0.2) is 4.79 Å². The maximum atomic E-state index is 12.0. The van der Waals surface area contributed by atoms with Gasteiger partial charge >= 0.3 is 5.97 Å². The van der Waals surface area contributed by atoms with Gasteiger partial charge in [0.15, 0.2) is 0 Å². The number of nitrogens with two attached hydrogens (primary N) is 1. The molecule has 1 aliphatic heterocycles. The van der Waals surface area contributed by atoms with Gasteiger partial charge in [-0.3, -0.25) is 15.2 Å². The highest BCUT2D eigenvalue weighted by atomic mass is 35.5. The smallest absolute Gasteiger partial charge is 0.328 e. The molecule has 0 unspecified atom stereocenters. The van der Waals surface area contributed by atoms with Crippen molar-refractivity contribution in [2.75, 3.05) is 11.6 Å². The summed E-state index contributed by atoms with van der Waals surface area (Å²) in [4.78, 5) is 23.7. The Morgan fingerprint density at radius 2 is 1.90 bits per heavy atom. The van der Waals surface area contributed by atoms with E-state index in [2.05, 4.69) is 5.43 Å². The number of amides is 1. The Morgan fingerprint density at radius 1 is 1.23 bits per heavy atom. The van der Waals surface area contributed by atoms with Crippen LogP contribution in [0, 0.1) is 0 Å². The van der Waals surface area contributed by atoms with Crippen LogP contribution in [0.1, 0.15) is 42.4 Å². The number of carbonyl (C=O) groups excluding carboxylic acids is 1. The lowest BCUT2D eigenvalue weighted by Gasteiger charge is -2.40. The minimum absolute atomic E-state index is 0. The van der Waals surface area contributed by atoms with Crippen molar-refractivity contribution in [3.05, 3.63) is 63.1 Å². The first kappa shape index (κ1) is 24.3. The number of hydrazine groups is 1. The van der Waals surface area contributed by atoms with Crippen molar-refractivity contribution < 1.29 is 14.7 Å². The van der Waals surface area contributed by atoms with Crippen molar-refractivity contribution >= 4 is 53.2 Å². The third kappa shape index (κ3) is 5.19. The standard InChI is InChI=1S/C21H23Cl2N3O3.ClH/c1-12(27)25-26-18-10-15(22)9-17(23)20(18)16(11-19(26)21(28)29)14-6-4-13(5-7-14)3-2-8-24;/h4-7,9-10,16,19H,2-3,8,11,24H2,1H3,(H,25,27)(H,28,29);1H/t16-,19-;/m1./s1. The zero-order valence-electron chi connectivity index (χ0n) is 16.4. The summed E-state index contributed by atoms with van der Waals surface area (Å²) in [5.41, 5.74) is 11.6. The van der Waals surface area contributed by atoms with Crippen molar-refractivity contribution in [1.29, 1.82) is 0 Å². The molecule has 0 bridgehead atoms. The largest absolute Gasteiger partial charge is 0.480 e. The van der Waals surface area contributed by atoms with Crippen LogP contribution in [0.4, 0.5) is 5.69 Å². The van der Waals surface area contributed by atoms with Gasteiger partial charge in [0, 0.05) is 28.5 Å². The van der Waals surface area contributed by atoms with Crippen LogP contribution in [-0.4, -0.2) is 29.6 Å². The highest BCUT2D eigenvalue weighted by molar-refractivity contribution is 6.35. The van der Waals surface area contributed by atoms with Crippen LogP contribution in [0.25, 0.3) is 0 Å². The van der Waals surface area contributed by atoms with Crippen molar-refractivity contribution in [3.8, 4) is 0 Å². The maximum Gasteiger partial charge on any atom is 0.328 e. The Kier molecular flexibility index (Phi) is 8.38. The third-order valence-corrected chi connectivity index (χ3v) is 5.60. The molecule has 0 spiro atoms. The van der Waals surface area contributed by atoms with Crippen LogP contribution in [-0.2, 0) is 16.0 Å². The molecule has 6 nitrogen and oxygen atoms in total. The highest BCUT2D eigenvalue weighted by Crippen LogP contribution is 2.46. The summed E-state index contributed by atoms with van der Waals surface area (Å²) in [6.45, 7) is 1.96. The second-order valence-corrected chi connectivity index (χ2v) is 7.98. The van der Waals surface area contributed by atoms with E-state index in [0.717, 1.165) is 24.0 Å². The molecule has 2 atom stereocenters. The monoisotopic (exact) mass is 471 g/mol. The summed E-state index contributed by atoms with van der Waals surface area (Å²) in [5, 5.41) is 12.0. The van der Waals surface area contributed by atoms with E-state index in [1.165, 1.54) is 17.5 Å². The number of halogens is 3. The first-order valence-electron chi connectivity index (χ1n) is 9.39. The molecule has 4 N–H and O–H groups in total. The maximum absolute atomic E-state index is 12.0. The zero-order chi connectivity index (χ0) is 21.1. The topological polar surface area (TPSA) is 95.7 Å². The molecule has 9 heteroatoms. The Hall–Kier alpha value is -1.99. The summed E-state index contributed by atoms with van der Waals surface area (Å²) in [6.07, 6.45) is 2.05. The molecule has 3 rings (SSSR count). The van der Waals surface area contributed by atoms with E-state index in [1.807, 2.05) is 24.3 Å². The number of rotatable bonds is 6. The minimum Gasteiger partial charge on any atom is -0.480 e. The number of nitrogens with zero attached hydrogens (tertiary/aromatic N) is 1. The van der Waals surface area contributed by atoms with E-state index in [9.17, 15) is 14.7 Å². The zero-order valence-corrected chi connectivity index (χ0v) is 18.7. The van der Waals surface area contributed by atoms with Gasteiger partial charge in [0.1, 0.15) is 6.04 Å². The predicted molar refractivity (Wildman–Crippen MR) is 122 cm³/mol. The summed E-state index contributed by atoms with van der Waals surface area (Å²) in [6, 6.07) is 10.4. The fourth-order valence-electron chi connectivity index (χ4n) is 3.77. The molecular formula is C21H24Cl3N3O3. The van der Waals surface area contributed by atoms with Crippen molar-refractivity contribution in [2.24, 2.45) is 5.73 Å². The van der Waals surface area contributed by atoms with Crippen LogP contribution in [0.15, 0.2) is 36.4 Å². The van der Waals surface area contributed by atoms with Gasteiger partial charge in [-0.05, 0) is 49.1 Å². The molecule has 1 aliphatic rings. The van der Waals surface area contributed by atoms with Gasteiger partial charge < -0.3 is 10.8 Å². The third-order valence-electron chi connectivity index (χ3n) is 5.07. The molecule has 1 amide bonds. The number of carboxylic acid groups (broad SMARTS) is 1. The van der Waals surface area contributed by atoms with E-state index in [1.54, 1.807) is 12.1 Å². The summed E-state index contributed by atoms with van der Waals surface area (Å²) in [5.74, 6) is -1.66. The summed E-state index contributed by atoms with van der Waals surface area (Å²) >= 11 is 12.7. The lowest BCUT2D eigenvalue weighted by atomic mass is 9.81. The number of fused-ring (bicyclic) bond motifs is 1. The van der Waals surface area contributed by atoms with Crippen molar-refractivity contribution in [3.63, 3.8) is 0 Å². The molecule has 2 aromatic rings. The SMILES string of the molecule is CC(=O)NN1c2cc(Cl)cc(Cl)c2[C@@H](c2ccc(CCCN)cc2)C[C@@H]1C(=O)O.Cl. The number of hydrogen-bond donors (Lipinski definition) is 3. The van der Waals surface area contributed by atoms with Gasteiger partial charge in [-0.1, -0.05) is 47.5 Å². The fraction of sp³-hybridized carbons (Fsp3) is 0.333. The van der Waals surface area contributed by atoms with Gasteiger partial charge in [0.05, 0.1) is 5.69 Å². The van der Waals surface area contributed by atoms with Gasteiger partial charge in [0.25, 0.3) is 0 Å². The van der Waals surface area contributed by atoms with Gasteiger partial charge in [0.2, 0.25) is 5.91 Å². The minimum atomic E-state index is -1.04. The average molecular weight is 473 g/mol. The van der Waals surface area contributed by atoms with E-state index < -0.39 is 12.0 Å². The molecule has 0 aliphatic carbocycles. The van der Waals surface area contributed by atoms with Gasteiger partial charge in [-0.2, -0.15) is 0 Å². The van der Waals surface area contributed by atoms with E-state index in [-0.39, 0.29) is 30.7 Å². The van der Waals surface area contributed by atoms with Crippen LogP contribution >= 0.6 is 35.6 Å². The van der Waals surface area contributed by atoms with Crippen molar-refractivity contribution in [2.45, 2.75) is 38.1 Å². The van der Waals surface area contributed by atoms with Crippen LogP contribution < -0.4 is 16.2 Å². The molecular weight excluding hydrogens is 449 g/mol. The molecule has 0 fully saturated rings. The van der Waals surface area contributed by atoms with Crippen molar-refractivity contribution in [1.82, 2.24) is 5.43 Å². The Balaban J connectivity index is 0.00000320. The highest BCUT2D eigenvalue weighted by Gasteiger charge is 2.39. The second-order valence-electron chi connectivity index (χ2n) is 7.13. The molecule has 0 saturated carbocycles. The number of carbonyl (C=O) groups is 2. The quantitative estimate of drug-likeness (QED) is 0.587. The molecule has 0 radical (unpaired) electrons. The molecule has 30 heavy (non-hydrogen) atoms. The first-order valence-corrected chi connectivity index (χ1v) is 10.1. The van der Waals surface area contributed by atoms with Gasteiger partial charge in [-0.15, -0.1) is 12.4 Å². The van der Waals surface area contributed by atoms with Crippen LogP contribution in [0.2, 0.25) is 10.0 Å². The van der Waals surface area contributed by atoms with E-state index in [4.69, 9.17) is 28.9 Å². The van der Waals surface area contributed by atoms with E-state index >= 15 is 0 Å². The molecule has 0 saturated heterocycles. The average Bonchev–Trinajstić information content (AvgIpc) is 2.66.